The zero-order valence-corrected chi connectivity index (χ0v) is 16.7. The number of carbonyl (C=O) groups excluding carboxylic acids is 2. The Hall–Kier alpha value is -2.85. The molecule has 3 aromatic rings. The highest BCUT2D eigenvalue weighted by Crippen LogP contribution is 2.16. The third-order valence-corrected chi connectivity index (χ3v) is 5.01. The van der Waals surface area contributed by atoms with E-state index in [4.69, 9.17) is 17.0 Å². The van der Waals surface area contributed by atoms with Crippen molar-refractivity contribution in [1.29, 1.82) is 0 Å². The molecule has 0 saturated heterocycles. The number of H-pyrrole nitrogens is 1. The number of rotatable bonds is 7. The first kappa shape index (κ1) is 19.9. The lowest BCUT2D eigenvalue weighted by molar-refractivity contribution is -0.142. The van der Waals surface area contributed by atoms with Gasteiger partial charge in [-0.2, -0.15) is 0 Å². The van der Waals surface area contributed by atoms with Gasteiger partial charge < -0.3 is 15.0 Å². The second kappa shape index (κ2) is 8.89. The number of thiazole rings is 1. The Morgan fingerprint density at radius 1 is 1.36 bits per heavy atom. The van der Waals surface area contributed by atoms with E-state index >= 15 is 0 Å². The van der Waals surface area contributed by atoms with Crippen LogP contribution in [0, 0.1) is 4.77 Å². The molecule has 0 fully saturated rings. The van der Waals surface area contributed by atoms with Crippen molar-refractivity contribution in [2.75, 3.05) is 11.9 Å². The zero-order chi connectivity index (χ0) is 20.1. The minimum atomic E-state index is -0.365. The molecule has 0 aliphatic rings. The van der Waals surface area contributed by atoms with E-state index in [1.165, 1.54) is 15.9 Å². The number of amides is 1. The second-order valence-electron chi connectivity index (χ2n) is 5.86. The second-order valence-corrected chi connectivity index (χ2v) is 7.10. The fourth-order valence-corrected chi connectivity index (χ4v) is 3.61. The van der Waals surface area contributed by atoms with Gasteiger partial charge in [0.15, 0.2) is 9.90 Å². The van der Waals surface area contributed by atoms with E-state index in [0.717, 1.165) is 0 Å². The van der Waals surface area contributed by atoms with Crippen LogP contribution >= 0.6 is 23.6 Å². The van der Waals surface area contributed by atoms with E-state index in [-0.39, 0.29) is 41.6 Å². The van der Waals surface area contributed by atoms with Crippen LogP contribution in [0.25, 0.3) is 10.9 Å². The number of fused-ring (bicyclic) bond motifs is 1. The molecular weight excluding hydrogens is 400 g/mol. The van der Waals surface area contributed by atoms with Gasteiger partial charge in [-0.3, -0.25) is 19.0 Å². The lowest BCUT2D eigenvalue weighted by Crippen LogP contribution is -2.25. The van der Waals surface area contributed by atoms with E-state index in [0.29, 0.717) is 28.3 Å². The lowest BCUT2D eigenvalue weighted by Gasteiger charge is -2.07. The fourth-order valence-electron chi connectivity index (χ4n) is 2.60. The molecular formula is C18H18N4O4S2. The molecule has 3 rings (SSSR count). The topological polar surface area (TPSA) is 106 Å². The predicted octanol–water partition coefficient (Wildman–Crippen LogP) is 2.65. The standard InChI is InChI=1S/C18H18N4O4S2/c1-2-26-15(24)9-11-10-28-17(19-11)21-14(23)7-8-22-16(25)12-5-3-4-6-13(12)20-18(22)27/h3-6,10H,2,7-9H2,1H3,(H,20,27)(H,19,21,23). The van der Waals surface area contributed by atoms with Crippen LogP contribution in [0.3, 0.4) is 0 Å². The summed E-state index contributed by atoms with van der Waals surface area (Å²) in [6.07, 6.45) is 0.115. The van der Waals surface area contributed by atoms with E-state index in [9.17, 15) is 14.4 Å². The Labute approximate surface area is 169 Å². The third kappa shape index (κ3) is 4.70. The number of esters is 1. The van der Waals surface area contributed by atoms with Crippen molar-refractivity contribution in [2.45, 2.75) is 26.3 Å². The van der Waals surface area contributed by atoms with Crippen LogP contribution in [0.5, 0.6) is 0 Å². The van der Waals surface area contributed by atoms with Gasteiger partial charge in [0.2, 0.25) is 5.91 Å². The predicted molar refractivity (Wildman–Crippen MR) is 109 cm³/mol. The Morgan fingerprint density at radius 2 is 2.14 bits per heavy atom. The van der Waals surface area contributed by atoms with Gasteiger partial charge in [0.25, 0.3) is 5.56 Å². The van der Waals surface area contributed by atoms with Crippen LogP contribution in [-0.4, -0.2) is 33.0 Å². The lowest BCUT2D eigenvalue weighted by atomic mass is 10.2. The normalized spacial score (nSPS) is 10.8. The quantitative estimate of drug-likeness (QED) is 0.451. The summed E-state index contributed by atoms with van der Waals surface area (Å²) in [5.41, 5.74) is 0.959. The SMILES string of the molecule is CCOC(=O)Cc1csc(NC(=O)CCn2c(=S)[nH]c3ccccc3c2=O)n1. The molecule has 0 radical (unpaired) electrons. The molecule has 0 atom stereocenters. The maximum Gasteiger partial charge on any atom is 0.311 e. The summed E-state index contributed by atoms with van der Waals surface area (Å²) in [6, 6.07) is 7.07. The van der Waals surface area contributed by atoms with Crippen molar-refractivity contribution >= 4 is 51.5 Å². The van der Waals surface area contributed by atoms with Crippen LogP contribution in [0.1, 0.15) is 19.0 Å². The Bertz CT molecular complexity index is 1130. The summed E-state index contributed by atoms with van der Waals surface area (Å²) in [6.45, 7) is 2.19. The Morgan fingerprint density at radius 3 is 2.93 bits per heavy atom. The van der Waals surface area contributed by atoms with Crippen molar-refractivity contribution < 1.29 is 14.3 Å². The van der Waals surface area contributed by atoms with Crippen molar-refractivity contribution in [3.63, 3.8) is 0 Å². The average Bonchev–Trinajstić information content (AvgIpc) is 3.08. The van der Waals surface area contributed by atoms with Crippen molar-refractivity contribution in [3.05, 3.63) is 50.5 Å². The molecule has 0 aliphatic carbocycles. The molecule has 0 unspecified atom stereocenters. The molecule has 2 aromatic heterocycles. The van der Waals surface area contributed by atoms with Gasteiger partial charge in [0.05, 0.1) is 29.6 Å². The van der Waals surface area contributed by atoms with Crippen molar-refractivity contribution in [3.8, 4) is 0 Å². The van der Waals surface area contributed by atoms with Crippen LogP contribution in [-0.2, 0) is 27.3 Å². The van der Waals surface area contributed by atoms with Crippen molar-refractivity contribution in [2.24, 2.45) is 0 Å². The molecule has 0 bridgehead atoms. The van der Waals surface area contributed by atoms with Gasteiger partial charge in [-0.1, -0.05) is 12.1 Å². The molecule has 10 heteroatoms. The maximum atomic E-state index is 12.6. The Balaban J connectivity index is 1.63. The number of nitrogens with one attached hydrogen (secondary N) is 2. The average molecular weight is 419 g/mol. The van der Waals surface area contributed by atoms with Gasteiger partial charge >= 0.3 is 5.97 Å². The molecule has 28 heavy (non-hydrogen) atoms. The summed E-state index contributed by atoms with van der Waals surface area (Å²) >= 11 is 6.46. The number of nitrogens with zero attached hydrogens (tertiary/aromatic N) is 2. The van der Waals surface area contributed by atoms with Crippen LogP contribution in [0.4, 0.5) is 5.13 Å². The number of para-hydroxylation sites is 1. The van der Waals surface area contributed by atoms with E-state index < -0.39 is 0 Å². The first-order chi connectivity index (χ1) is 13.5. The summed E-state index contributed by atoms with van der Waals surface area (Å²) < 4.78 is 6.50. The molecule has 8 nitrogen and oxygen atoms in total. The first-order valence-corrected chi connectivity index (χ1v) is 9.88. The minimum Gasteiger partial charge on any atom is -0.466 e. The maximum absolute atomic E-state index is 12.6. The smallest absolute Gasteiger partial charge is 0.311 e. The van der Waals surface area contributed by atoms with E-state index in [1.807, 2.05) is 6.07 Å². The summed E-state index contributed by atoms with van der Waals surface area (Å²) in [5.74, 6) is -0.665. The van der Waals surface area contributed by atoms with Crippen LogP contribution < -0.4 is 10.9 Å². The fraction of sp³-hybridized carbons (Fsp3) is 0.278. The number of hydrogen-bond acceptors (Lipinski definition) is 7. The number of aromatic nitrogens is 3. The number of anilines is 1. The summed E-state index contributed by atoms with van der Waals surface area (Å²) in [4.78, 5) is 43.4. The van der Waals surface area contributed by atoms with Crippen molar-refractivity contribution in [1.82, 2.24) is 14.5 Å². The summed E-state index contributed by atoms with van der Waals surface area (Å²) in [7, 11) is 0. The molecule has 0 spiro atoms. The number of benzene rings is 1. The van der Waals surface area contributed by atoms with Gasteiger partial charge in [-0.25, -0.2) is 4.98 Å². The first-order valence-electron chi connectivity index (χ1n) is 8.59. The highest BCUT2D eigenvalue weighted by molar-refractivity contribution is 7.71. The van der Waals surface area contributed by atoms with Gasteiger partial charge in [-0.05, 0) is 31.3 Å². The monoisotopic (exact) mass is 418 g/mol. The Kier molecular flexibility index (Phi) is 6.32. The number of aromatic amines is 1. The van der Waals surface area contributed by atoms with Gasteiger partial charge in [0, 0.05) is 18.3 Å². The molecule has 0 aliphatic heterocycles. The number of hydrogen-bond donors (Lipinski definition) is 2. The van der Waals surface area contributed by atoms with Crippen LogP contribution in [0.15, 0.2) is 34.4 Å². The minimum absolute atomic E-state index is 0.0574. The molecule has 2 heterocycles. The van der Waals surface area contributed by atoms with E-state index in [1.54, 1.807) is 30.5 Å². The largest absolute Gasteiger partial charge is 0.466 e. The molecule has 0 saturated carbocycles. The summed E-state index contributed by atoms with van der Waals surface area (Å²) in [5, 5.41) is 5.26. The third-order valence-electron chi connectivity index (χ3n) is 3.88. The van der Waals surface area contributed by atoms with Gasteiger partial charge in [-0.15, -0.1) is 11.3 Å². The van der Waals surface area contributed by atoms with E-state index in [2.05, 4.69) is 15.3 Å². The zero-order valence-electron chi connectivity index (χ0n) is 15.1. The van der Waals surface area contributed by atoms with Crippen LogP contribution in [0.2, 0.25) is 0 Å². The molecule has 2 N–H and O–H groups in total. The molecule has 1 aromatic carbocycles. The molecule has 146 valence electrons. The number of carbonyl (C=O) groups is 2. The number of ether oxygens (including phenoxy) is 1. The molecule has 1 amide bonds. The highest BCUT2D eigenvalue weighted by Gasteiger charge is 2.12. The highest BCUT2D eigenvalue weighted by atomic mass is 32.1. The van der Waals surface area contributed by atoms with Gasteiger partial charge in [0.1, 0.15) is 0 Å².